The minimum absolute atomic E-state index is 0.355. The van der Waals surface area contributed by atoms with Gasteiger partial charge in [0.2, 0.25) is 5.91 Å². The van der Waals surface area contributed by atoms with Gasteiger partial charge in [-0.1, -0.05) is 0 Å². The van der Waals surface area contributed by atoms with Crippen molar-refractivity contribution in [2.75, 3.05) is 13.2 Å². The summed E-state index contributed by atoms with van der Waals surface area (Å²) < 4.78 is 0. The Labute approximate surface area is 119 Å². The van der Waals surface area contributed by atoms with Gasteiger partial charge in [-0.2, -0.15) is 5.06 Å². The van der Waals surface area contributed by atoms with Crippen LogP contribution in [0.1, 0.15) is 34.1 Å². The van der Waals surface area contributed by atoms with Crippen LogP contribution in [0.3, 0.4) is 0 Å². The SMILES string of the molecule is CC1(C)C[C@H](C(=O)N[C@@H](CO)[C@@H](O)CO)C(C)(C)N1O. The number of nitrogens with zero attached hydrogens (tertiary/aromatic N) is 1. The first-order valence-corrected chi connectivity index (χ1v) is 6.77. The zero-order valence-electron chi connectivity index (χ0n) is 12.5. The summed E-state index contributed by atoms with van der Waals surface area (Å²) in [5, 5.41) is 41.4. The molecule has 1 aliphatic rings. The first kappa shape index (κ1) is 17.3. The van der Waals surface area contributed by atoms with Crippen molar-refractivity contribution >= 4 is 5.91 Å². The highest BCUT2D eigenvalue weighted by atomic mass is 16.5. The van der Waals surface area contributed by atoms with Crippen LogP contribution in [0.15, 0.2) is 0 Å². The summed E-state index contributed by atoms with van der Waals surface area (Å²) in [6.45, 7) is 6.21. The van der Waals surface area contributed by atoms with Crippen LogP contribution in [-0.4, -0.2) is 67.9 Å². The molecule has 0 spiro atoms. The number of carbonyl (C=O) groups excluding carboxylic acids is 1. The van der Waals surface area contributed by atoms with E-state index in [0.717, 1.165) is 0 Å². The molecule has 20 heavy (non-hydrogen) atoms. The average Bonchev–Trinajstić information content (AvgIpc) is 2.55. The lowest BCUT2D eigenvalue weighted by Crippen LogP contribution is -2.53. The van der Waals surface area contributed by atoms with Gasteiger partial charge in [-0.25, -0.2) is 0 Å². The maximum Gasteiger partial charge on any atom is 0.225 e. The molecule has 0 saturated carbocycles. The van der Waals surface area contributed by atoms with E-state index in [2.05, 4.69) is 5.32 Å². The Hall–Kier alpha value is -0.730. The van der Waals surface area contributed by atoms with Crippen molar-refractivity contribution in [2.45, 2.75) is 57.3 Å². The van der Waals surface area contributed by atoms with Crippen LogP contribution < -0.4 is 5.32 Å². The number of rotatable bonds is 5. The predicted octanol–water partition coefficient (Wildman–Crippen LogP) is -0.915. The monoisotopic (exact) mass is 290 g/mol. The second-order valence-electron chi connectivity index (χ2n) is 6.58. The second kappa shape index (κ2) is 5.95. The van der Waals surface area contributed by atoms with Gasteiger partial charge in [-0.3, -0.25) is 4.79 Å². The zero-order valence-corrected chi connectivity index (χ0v) is 12.5. The number of aliphatic hydroxyl groups excluding tert-OH is 3. The number of hydrogen-bond donors (Lipinski definition) is 5. The van der Waals surface area contributed by atoms with Gasteiger partial charge in [-0.05, 0) is 34.1 Å². The molecule has 0 aliphatic carbocycles. The van der Waals surface area contributed by atoms with Crippen LogP contribution in [0, 0.1) is 5.92 Å². The molecular weight excluding hydrogens is 264 g/mol. The number of nitrogens with one attached hydrogen (secondary N) is 1. The molecule has 1 aliphatic heterocycles. The highest BCUT2D eigenvalue weighted by molar-refractivity contribution is 5.81. The first-order valence-electron chi connectivity index (χ1n) is 6.77. The Morgan fingerprint density at radius 3 is 2.20 bits per heavy atom. The third kappa shape index (κ3) is 3.12. The van der Waals surface area contributed by atoms with E-state index in [9.17, 15) is 15.1 Å². The van der Waals surface area contributed by atoms with Gasteiger partial charge in [0.15, 0.2) is 0 Å². The molecule has 5 N–H and O–H groups in total. The molecule has 1 rings (SSSR count). The van der Waals surface area contributed by atoms with Gasteiger partial charge in [0.1, 0.15) is 0 Å². The Kier molecular flexibility index (Phi) is 5.15. The third-order valence-corrected chi connectivity index (χ3v) is 4.17. The fourth-order valence-corrected chi connectivity index (χ4v) is 2.85. The lowest BCUT2D eigenvalue weighted by molar-refractivity contribution is -0.197. The van der Waals surface area contributed by atoms with Gasteiger partial charge in [-0.15, -0.1) is 0 Å². The molecule has 0 aromatic carbocycles. The maximum absolute atomic E-state index is 12.3. The van der Waals surface area contributed by atoms with Gasteiger partial charge in [0.25, 0.3) is 0 Å². The molecule has 7 nitrogen and oxygen atoms in total. The van der Waals surface area contributed by atoms with Crippen molar-refractivity contribution in [1.29, 1.82) is 0 Å². The van der Waals surface area contributed by atoms with E-state index in [1.165, 1.54) is 5.06 Å². The quantitative estimate of drug-likeness (QED) is 0.448. The molecule has 1 heterocycles. The fourth-order valence-electron chi connectivity index (χ4n) is 2.85. The maximum atomic E-state index is 12.3. The summed E-state index contributed by atoms with van der Waals surface area (Å²) in [4.78, 5) is 12.3. The number of aliphatic hydroxyl groups is 3. The fraction of sp³-hybridized carbons (Fsp3) is 0.923. The van der Waals surface area contributed by atoms with Crippen LogP contribution in [0.4, 0.5) is 0 Å². The van der Waals surface area contributed by atoms with Crippen LogP contribution in [-0.2, 0) is 4.79 Å². The van der Waals surface area contributed by atoms with Gasteiger partial charge < -0.3 is 25.8 Å². The van der Waals surface area contributed by atoms with Crippen molar-refractivity contribution in [3.8, 4) is 0 Å². The van der Waals surface area contributed by atoms with Crippen molar-refractivity contribution in [1.82, 2.24) is 10.4 Å². The van der Waals surface area contributed by atoms with E-state index in [-0.39, 0.29) is 5.91 Å². The molecule has 3 atom stereocenters. The number of carbonyl (C=O) groups is 1. The van der Waals surface area contributed by atoms with Crippen molar-refractivity contribution in [3.63, 3.8) is 0 Å². The van der Waals surface area contributed by atoms with Gasteiger partial charge in [0.05, 0.1) is 36.8 Å². The lowest BCUT2D eigenvalue weighted by atomic mass is 9.86. The molecular formula is C13H26N2O5. The molecule has 0 aromatic heterocycles. The van der Waals surface area contributed by atoms with Crippen LogP contribution in [0.25, 0.3) is 0 Å². The van der Waals surface area contributed by atoms with E-state index in [0.29, 0.717) is 6.42 Å². The third-order valence-electron chi connectivity index (χ3n) is 4.17. The van der Waals surface area contributed by atoms with E-state index in [4.69, 9.17) is 10.2 Å². The van der Waals surface area contributed by atoms with Crippen molar-refractivity contribution in [2.24, 2.45) is 5.92 Å². The molecule has 1 saturated heterocycles. The number of hydroxylamine groups is 2. The van der Waals surface area contributed by atoms with E-state index in [1.54, 1.807) is 13.8 Å². The molecule has 0 bridgehead atoms. The number of amides is 1. The highest BCUT2D eigenvalue weighted by Crippen LogP contribution is 2.43. The largest absolute Gasteiger partial charge is 0.394 e. The summed E-state index contributed by atoms with van der Waals surface area (Å²) in [5.41, 5.74) is -1.28. The molecule has 7 heteroatoms. The molecule has 0 radical (unpaired) electrons. The average molecular weight is 290 g/mol. The summed E-state index contributed by atoms with van der Waals surface area (Å²) in [6.07, 6.45) is -0.762. The van der Waals surface area contributed by atoms with Gasteiger partial charge in [0, 0.05) is 5.54 Å². The van der Waals surface area contributed by atoms with E-state index in [1.807, 2.05) is 13.8 Å². The number of hydrogen-bond acceptors (Lipinski definition) is 6. The Bertz CT molecular complexity index is 359. The zero-order chi connectivity index (χ0) is 15.7. The molecule has 1 fully saturated rings. The summed E-state index contributed by atoms with van der Waals surface area (Å²) in [5.74, 6) is -0.839. The van der Waals surface area contributed by atoms with Crippen LogP contribution >= 0.6 is 0 Å². The normalized spacial score (nSPS) is 28.1. The molecule has 0 unspecified atom stereocenters. The molecule has 118 valence electrons. The van der Waals surface area contributed by atoms with E-state index >= 15 is 0 Å². The highest BCUT2D eigenvalue weighted by Gasteiger charge is 2.54. The predicted molar refractivity (Wildman–Crippen MR) is 72.0 cm³/mol. The lowest BCUT2D eigenvalue weighted by Gasteiger charge is -2.35. The van der Waals surface area contributed by atoms with Crippen molar-refractivity contribution in [3.05, 3.63) is 0 Å². The Balaban J connectivity index is 2.82. The summed E-state index contributed by atoms with van der Waals surface area (Å²) in [7, 11) is 0. The summed E-state index contributed by atoms with van der Waals surface area (Å²) in [6, 6.07) is -0.917. The Morgan fingerprint density at radius 2 is 1.85 bits per heavy atom. The van der Waals surface area contributed by atoms with Crippen molar-refractivity contribution < 1.29 is 25.3 Å². The van der Waals surface area contributed by atoms with Crippen LogP contribution in [0.5, 0.6) is 0 Å². The minimum atomic E-state index is -1.22. The standard InChI is InChI=1S/C13H26N2O5/c1-12(2)5-8(13(3,4)15(12)20)11(19)14-9(6-16)10(18)7-17/h8-10,16-18,20H,5-7H2,1-4H3,(H,14,19)/t8-,9+,10+/m1/s1. The smallest absolute Gasteiger partial charge is 0.225 e. The molecule has 1 amide bonds. The van der Waals surface area contributed by atoms with E-state index < -0.39 is 42.4 Å². The van der Waals surface area contributed by atoms with Crippen LogP contribution in [0.2, 0.25) is 0 Å². The Morgan fingerprint density at radius 1 is 1.30 bits per heavy atom. The molecule has 0 aromatic rings. The summed E-state index contributed by atoms with van der Waals surface area (Å²) >= 11 is 0. The minimum Gasteiger partial charge on any atom is -0.394 e. The topological polar surface area (TPSA) is 113 Å². The first-order chi connectivity index (χ1) is 9.07. The second-order valence-corrected chi connectivity index (χ2v) is 6.58. The van der Waals surface area contributed by atoms with Gasteiger partial charge >= 0.3 is 0 Å².